The van der Waals surface area contributed by atoms with E-state index in [1.165, 1.54) is 0 Å². The predicted octanol–water partition coefficient (Wildman–Crippen LogP) is 1.46. The van der Waals surface area contributed by atoms with Crippen LogP contribution in [0.15, 0.2) is 54.9 Å². The molecule has 0 aliphatic carbocycles. The molecule has 1 aliphatic rings. The number of hydrogen-bond acceptors (Lipinski definition) is 5. The Kier molecular flexibility index (Phi) is 6.51. The highest BCUT2D eigenvalue weighted by atomic mass is 32.1. The molecule has 144 valence electrons. The maximum atomic E-state index is 12.9. The minimum atomic E-state index is -0.887. The Morgan fingerprint density at radius 2 is 2.07 bits per heavy atom. The van der Waals surface area contributed by atoms with Crippen molar-refractivity contribution in [1.29, 1.82) is 0 Å². The molecule has 1 aromatic heterocycles. The van der Waals surface area contributed by atoms with Crippen molar-refractivity contribution in [3.8, 4) is 0 Å². The van der Waals surface area contributed by atoms with Gasteiger partial charge >= 0.3 is 7.12 Å². The third kappa shape index (κ3) is 4.13. The SMILES string of the molecule is NC[C@@H](C(=O)Cc1ccc2cnccc2c1)c1ccc2c(c1)CCOB2O.S. The van der Waals surface area contributed by atoms with E-state index in [0.717, 1.165) is 39.3 Å². The van der Waals surface area contributed by atoms with Crippen molar-refractivity contribution in [2.24, 2.45) is 5.73 Å². The summed E-state index contributed by atoms with van der Waals surface area (Å²) in [6.07, 6.45) is 4.63. The number of nitrogens with two attached hydrogens (primary N) is 1. The molecule has 5 nitrogen and oxygen atoms in total. The van der Waals surface area contributed by atoms with Crippen LogP contribution in [0.25, 0.3) is 10.8 Å². The molecule has 28 heavy (non-hydrogen) atoms. The van der Waals surface area contributed by atoms with Gasteiger partial charge in [-0.25, -0.2) is 0 Å². The summed E-state index contributed by atoms with van der Waals surface area (Å²) < 4.78 is 5.25. The Hall–Kier alpha value is -2.19. The lowest BCUT2D eigenvalue weighted by atomic mass is 9.72. The second-order valence-electron chi connectivity index (χ2n) is 6.92. The van der Waals surface area contributed by atoms with Gasteiger partial charge in [-0.1, -0.05) is 36.4 Å². The molecule has 0 amide bonds. The fourth-order valence-corrected chi connectivity index (χ4v) is 3.69. The van der Waals surface area contributed by atoms with Crippen LogP contribution in [0.5, 0.6) is 0 Å². The molecule has 3 N–H and O–H groups in total. The Balaban J connectivity index is 0.00000225. The number of carbonyl (C=O) groups is 1. The molecule has 0 fully saturated rings. The van der Waals surface area contributed by atoms with E-state index in [4.69, 9.17) is 10.4 Å². The molecule has 0 radical (unpaired) electrons. The number of carbonyl (C=O) groups excluding carboxylic acids is 1. The van der Waals surface area contributed by atoms with Crippen LogP contribution in [0, 0.1) is 0 Å². The number of fused-ring (bicyclic) bond motifs is 2. The van der Waals surface area contributed by atoms with Crippen LogP contribution in [0.3, 0.4) is 0 Å². The molecule has 0 bridgehead atoms. The van der Waals surface area contributed by atoms with Crippen LogP contribution < -0.4 is 11.2 Å². The second-order valence-corrected chi connectivity index (χ2v) is 6.92. The number of hydrogen-bond donors (Lipinski definition) is 2. The lowest BCUT2D eigenvalue weighted by Gasteiger charge is -2.22. The van der Waals surface area contributed by atoms with E-state index in [1.807, 2.05) is 48.7 Å². The molecule has 4 rings (SSSR count). The second kappa shape index (κ2) is 8.88. The van der Waals surface area contributed by atoms with Crippen LogP contribution in [0.2, 0.25) is 0 Å². The Labute approximate surface area is 171 Å². The molecule has 3 aromatic rings. The number of aromatic nitrogens is 1. The van der Waals surface area contributed by atoms with Gasteiger partial charge in [0.25, 0.3) is 0 Å². The van der Waals surface area contributed by atoms with E-state index in [-0.39, 0.29) is 31.7 Å². The number of rotatable bonds is 5. The van der Waals surface area contributed by atoms with E-state index in [2.05, 4.69) is 4.98 Å². The Morgan fingerprint density at radius 1 is 1.21 bits per heavy atom. The molecule has 7 heteroatoms. The Morgan fingerprint density at radius 3 is 2.89 bits per heavy atom. The maximum Gasteiger partial charge on any atom is 0.491 e. The van der Waals surface area contributed by atoms with Crippen molar-refractivity contribution in [3.63, 3.8) is 0 Å². The van der Waals surface area contributed by atoms with Gasteiger partial charge in [-0.05, 0) is 40.0 Å². The average molecular weight is 394 g/mol. The van der Waals surface area contributed by atoms with Gasteiger partial charge in [0.2, 0.25) is 0 Å². The van der Waals surface area contributed by atoms with Crippen molar-refractivity contribution in [2.75, 3.05) is 13.2 Å². The topological polar surface area (TPSA) is 85.4 Å². The van der Waals surface area contributed by atoms with Crippen molar-refractivity contribution in [3.05, 3.63) is 71.5 Å². The molecule has 1 aliphatic heterocycles. The standard InChI is InChI=1S/C21H21BN2O3.H2S/c23-12-19(16-3-4-20-17(11-16)6-8-27-22(20)26)21(25)10-14-1-2-18-13-24-7-5-15(18)9-14;/h1-5,7,9,11,13,19,26H,6,8,10,12,23H2;1H2/t19-;/m1./s1. The van der Waals surface area contributed by atoms with Gasteiger partial charge in [-0.15, -0.1) is 0 Å². The van der Waals surface area contributed by atoms with Gasteiger partial charge < -0.3 is 15.4 Å². The zero-order valence-electron chi connectivity index (χ0n) is 15.5. The maximum absolute atomic E-state index is 12.9. The Bertz CT molecular complexity index is 998. The van der Waals surface area contributed by atoms with E-state index in [0.29, 0.717) is 13.0 Å². The molecule has 2 aromatic carbocycles. The zero-order valence-corrected chi connectivity index (χ0v) is 16.5. The number of nitrogens with zero attached hydrogens (tertiary/aromatic N) is 1. The molecular weight excluding hydrogens is 371 g/mol. The summed E-state index contributed by atoms with van der Waals surface area (Å²) in [4.78, 5) is 17.1. The molecule has 0 spiro atoms. The first-order valence-corrected chi connectivity index (χ1v) is 9.13. The normalized spacial score (nSPS) is 14.3. The largest absolute Gasteiger partial charge is 0.491 e. The van der Waals surface area contributed by atoms with Crippen LogP contribution in [0.4, 0.5) is 0 Å². The third-order valence-electron chi connectivity index (χ3n) is 5.19. The minimum Gasteiger partial charge on any atom is -0.423 e. The summed E-state index contributed by atoms with van der Waals surface area (Å²) >= 11 is 0. The summed E-state index contributed by atoms with van der Waals surface area (Å²) in [6, 6.07) is 13.6. The molecular formula is C21H23BN2O3S. The first-order valence-electron chi connectivity index (χ1n) is 9.13. The van der Waals surface area contributed by atoms with Crippen LogP contribution in [0.1, 0.15) is 22.6 Å². The number of benzene rings is 2. The number of pyridine rings is 1. The van der Waals surface area contributed by atoms with E-state index < -0.39 is 7.12 Å². The summed E-state index contributed by atoms with van der Waals surface area (Å²) in [6.45, 7) is 0.735. The fraction of sp³-hybridized carbons (Fsp3) is 0.238. The van der Waals surface area contributed by atoms with Gasteiger partial charge in [0.05, 0.1) is 5.92 Å². The van der Waals surface area contributed by atoms with E-state index in [9.17, 15) is 9.82 Å². The van der Waals surface area contributed by atoms with Gasteiger partial charge in [-0.3, -0.25) is 9.78 Å². The van der Waals surface area contributed by atoms with Crippen molar-refractivity contribution in [1.82, 2.24) is 4.98 Å². The highest BCUT2D eigenvalue weighted by Gasteiger charge is 2.27. The molecule has 0 unspecified atom stereocenters. The summed E-state index contributed by atoms with van der Waals surface area (Å²) in [5, 5.41) is 12.0. The predicted molar refractivity (Wildman–Crippen MR) is 116 cm³/mol. The van der Waals surface area contributed by atoms with Crippen molar-refractivity contribution in [2.45, 2.75) is 18.8 Å². The zero-order chi connectivity index (χ0) is 18.8. The highest BCUT2D eigenvalue weighted by Crippen LogP contribution is 2.22. The molecule has 1 atom stereocenters. The van der Waals surface area contributed by atoms with Gasteiger partial charge in [0.15, 0.2) is 0 Å². The number of ketones is 1. The van der Waals surface area contributed by atoms with Crippen LogP contribution >= 0.6 is 13.5 Å². The van der Waals surface area contributed by atoms with Crippen molar-refractivity contribution < 1.29 is 14.5 Å². The van der Waals surface area contributed by atoms with E-state index >= 15 is 0 Å². The number of Topliss-reactive ketones (excluding diaryl/α,β-unsaturated/α-hetero) is 1. The lowest BCUT2D eigenvalue weighted by Crippen LogP contribution is -2.41. The van der Waals surface area contributed by atoms with Crippen LogP contribution in [-0.2, 0) is 22.3 Å². The summed E-state index contributed by atoms with van der Waals surface area (Å²) in [7, 11) is -0.887. The van der Waals surface area contributed by atoms with Gasteiger partial charge in [0, 0.05) is 37.4 Å². The monoisotopic (exact) mass is 394 g/mol. The summed E-state index contributed by atoms with van der Waals surface area (Å²) in [5.41, 5.74) is 9.62. The lowest BCUT2D eigenvalue weighted by molar-refractivity contribution is -0.119. The van der Waals surface area contributed by atoms with Gasteiger partial charge in [-0.2, -0.15) is 13.5 Å². The quantitative estimate of drug-likeness (QED) is 0.640. The van der Waals surface area contributed by atoms with Gasteiger partial charge in [0.1, 0.15) is 5.78 Å². The first-order chi connectivity index (χ1) is 13.2. The van der Waals surface area contributed by atoms with Crippen LogP contribution in [-0.4, -0.2) is 36.1 Å². The summed E-state index contributed by atoms with van der Waals surface area (Å²) in [5.74, 6) is -0.262. The third-order valence-corrected chi connectivity index (χ3v) is 5.19. The minimum absolute atomic E-state index is 0. The average Bonchev–Trinajstić information content (AvgIpc) is 2.68. The van der Waals surface area contributed by atoms with Crippen molar-refractivity contribution >= 4 is 42.6 Å². The molecule has 2 heterocycles. The highest BCUT2D eigenvalue weighted by molar-refractivity contribution is 7.59. The first kappa shape index (κ1) is 20.5. The smallest absolute Gasteiger partial charge is 0.423 e. The van der Waals surface area contributed by atoms with E-state index in [1.54, 1.807) is 6.20 Å². The molecule has 0 saturated heterocycles. The molecule has 0 saturated carbocycles. The fourth-order valence-electron chi connectivity index (χ4n) is 3.69.